The first-order valence-corrected chi connectivity index (χ1v) is 5.83. The third kappa shape index (κ3) is 2.92. The summed E-state index contributed by atoms with van der Waals surface area (Å²) in [5, 5.41) is 8.78. The molecule has 0 saturated heterocycles. The van der Waals surface area contributed by atoms with Crippen molar-refractivity contribution in [3.05, 3.63) is 34.9 Å². The van der Waals surface area contributed by atoms with E-state index >= 15 is 0 Å². The average molecular weight is 285 g/mol. The van der Waals surface area contributed by atoms with E-state index in [1.807, 2.05) is 13.0 Å². The van der Waals surface area contributed by atoms with Crippen molar-refractivity contribution in [2.45, 2.75) is 25.1 Å². The predicted molar refractivity (Wildman–Crippen MR) is 65.2 cm³/mol. The number of benzene rings is 1. The van der Waals surface area contributed by atoms with Gasteiger partial charge in [0.2, 0.25) is 0 Å². The van der Waals surface area contributed by atoms with Crippen molar-refractivity contribution in [3.63, 3.8) is 0 Å². The molecule has 0 radical (unpaired) electrons. The van der Waals surface area contributed by atoms with Gasteiger partial charge < -0.3 is 5.11 Å². The molecular formula is C12H13BrO3. The summed E-state index contributed by atoms with van der Waals surface area (Å²) in [6.07, 6.45) is -0.123. The van der Waals surface area contributed by atoms with Crippen molar-refractivity contribution in [2.75, 3.05) is 0 Å². The van der Waals surface area contributed by atoms with Gasteiger partial charge in [0.05, 0.1) is 11.2 Å². The van der Waals surface area contributed by atoms with Gasteiger partial charge in [-0.05, 0) is 25.0 Å². The number of ketones is 1. The van der Waals surface area contributed by atoms with Gasteiger partial charge in [-0.1, -0.05) is 34.1 Å². The zero-order valence-electron chi connectivity index (χ0n) is 9.16. The summed E-state index contributed by atoms with van der Waals surface area (Å²) in [5.41, 5.74) is 1.91. The minimum atomic E-state index is -0.929. The maximum atomic E-state index is 11.9. The van der Waals surface area contributed by atoms with Crippen molar-refractivity contribution >= 4 is 27.7 Å². The molecule has 0 heterocycles. The molecule has 0 aliphatic carbocycles. The molecule has 16 heavy (non-hydrogen) atoms. The van der Waals surface area contributed by atoms with Crippen LogP contribution in [0, 0.1) is 6.92 Å². The molecule has 1 N–H and O–H groups in total. The molecule has 1 unspecified atom stereocenters. The first-order valence-electron chi connectivity index (χ1n) is 4.92. The Bertz CT molecular complexity index is 424. The summed E-state index contributed by atoms with van der Waals surface area (Å²) >= 11 is 3.21. The van der Waals surface area contributed by atoms with Gasteiger partial charge in [0, 0.05) is 5.56 Å². The Kier molecular flexibility index (Phi) is 4.24. The molecule has 1 aromatic carbocycles. The fourth-order valence-electron chi connectivity index (χ4n) is 1.59. The number of Topliss-reactive ketones (excluding diaryl/α,β-unsaturated/α-hetero) is 1. The number of halogens is 1. The molecule has 1 aromatic rings. The van der Waals surface area contributed by atoms with E-state index in [-0.39, 0.29) is 17.0 Å². The van der Waals surface area contributed by atoms with Crippen molar-refractivity contribution in [1.82, 2.24) is 0 Å². The van der Waals surface area contributed by atoms with Crippen LogP contribution >= 0.6 is 15.9 Å². The summed E-state index contributed by atoms with van der Waals surface area (Å²) in [7, 11) is 0. The van der Waals surface area contributed by atoms with E-state index in [9.17, 15) is 9.59 Å². The van der Waals surface area contributed by atoms with E-state index in [1.54, 1.807) is 19.1 Å². The summed E-state index contributed by atoms with van der Waals surface area (Å²) in [5.74, 6) is -1.00. The lowest BCUT2D eigenvalue weighted by molar-refractivity contribution is -0.136. The van der Waals surface area contributed by atoms with E-state index in [1.165, 1.54) is 0 Å². The molecular weight excluding hydrogens is 272 g/mol. The minimum Gasteiger partial charge on any atom is -0.481 e. The maximum absolute atomic E-state index is 11.9. The first-order chi connectivity index (χ1) is 7.43. The normalized spacial score (nSPS) is 12.2. The second-order valence-electron chi connectivity index (χ2n) is 3.66. The van der Waals surface area contributed by atoms with E-state index < -0.39 is 5.97 Å². The van der Waals surface area contributed by atoms with Crippen LogP contribution in [0.15, 0.2) is 18.2 Å². The van der Waals surface area contributed by atoms with Gasteiger partial charge in [-0.3, -0.25) is 9.59 Å². The largest absolute Gasteiger partial charge is 0.481 e. The van der Waals surface area contributed by atoms with Crippen LogP contribution < -0.4 is 0 Å². The number of carbonyl (C=O) groups is 2. The van der Waals surface area contributed by atoms with E-state index in [4.69, 9.17) is 5.11 Å². The Morgan fingerprint density at radius 3 is 2.56 bits per heavy atom. The van der Waals surface area contributed by atoms with Crippen molar-refractivity contribution < 1.29 is 14.7 Å². The third-order valence-corrected chi connectivity index (χ3v) is 2.72. The lowest BCUT2D eigenvalue weighted by Gasteiger charge is -2.11. The number of hydrogen-bond donors (Lipinski definition) is 1. The van der Waals surface area contributed by atoms with E-state index in [0.29, 0.717) is 11.1 Å². The van der Waals surface area contributed by atoms with Crippen LogP contribution in [0.2, 0.25) is 0 Å². The van der Waals surface area contributed by atoms with Crippen LogP contribution in [0.4, 0.5) is 0 Å². The Labute approximate surface area is 103 Å². The Balaban J connectivity index is 3.23. The molecule has 0 spiro atoms. The summed E-state index contributed by atoms with van der Waals surface area (Å²) < 4.78 is 0. The standard InChI is InChI=1S/C12H13BrO3/c1-7-4-3-5-9(6-10(14)15)11(7)12(16)8(2)13/h3-5,8H,6H2,1-2H3,(H,14,15). The van der Waals surface area contributed by atoms with Crippen molar-refractivity contribution in [3.8, 4) is 0 Å². The molecule has 0 aliphatic heterocycles. The lowest BCUT2D eigenvalue weighted by atomic mass is 9.95. The number of aryl methyl sites for hydroxylation is 1. The highest BCUT2D eigenvalue weighted by atomic mass is 79.9. The molecule has 0 saturated carbocycles. The van der Waals surface area contributed by atoms with Crippen LogP contribution in [0.25, 0.3) is 0 Å². The maximum Gasteiger partial charge on any atom is 0.307 e. The fourth-order valence-corrected chi connectivity index (χ4v) is 1.82. The van der Waals surface area contributed by atoms with Crippen LogP contribution in [-0.2, 0) is 11.2 Å². The van der Waals surface area contributed by atoms with Gasteiger partial charge in [0.1, 0.15) is 0 Å². The first kappa shape index (κ1) is 12.9. The number of rotatable bonds is 4. The summed E-state index contributed by atoms with van der Waals surface area (Å²) in [6.45, 7) is 3.55. The molecule has 1 rings (SSSR count). The second-order valence-corrected chi connectivity index (χ2v) is 5.03. The quantitative estimate of drug-likeness (QED) is 0.683. The van der Waals surface area contributed by atoms with Gasteiger partial charge in [0.15, 0.2) is 5.78 Å². The zero-order valence-corrected chi connectivity index (χ0v) is 10.7. The Hall–Kier alpha value is -1.16. The van der Waals surface area contributed by atoms with Crippen molar-refractivity contribution in [1.29, 1.82) is 0 Å². The highest BCUT2D eigenvalue weighted by Crippen LogP contribution is 2.19. The number of alkyl halides is 1. The van der Waals surface area contributed by atoms with E-state index in [2.05, 4.69) is 15.9 Å². The van der Waals surface area contributed by atoms with Crippen LogP contribution in [0.5, 0.6) is 0 Å². The Morgan fingerprint density at radius 2 is 2.06 bits per heavy atom. The van der Waals surface area contributed by atoms with Crippen LogP contribution in [0.1, 0.15) is 28.4 Å². The minimum absolute atomic E-state index is 0.0747. The molecule has 1 atom stereocenters. The van der Waals surface area contributed by atoms with Gasteiger partial charge in [-0.15, -0.1) is 0 Å². The molecule has 0 aromatic heterocycles. The van der Waals surface area contributed by atoms with Crippen LogP contribution in [0.3, 0.4) is 0 Å². The lowest BCUT2D eigenvalue weighted by Crippen LogP contribution is -2.16. The topological polar surface area (TPSA) is 54.4 Å². The van der Waals surface area contributed by atoms with Gasteiger partial charge in [0.25, 0.3) is 0 Å². The number of aliphatic carboxylic acids is 1. The highest BCUT2D eigenvalue weighted by molar-refractivity contribution is 9.10. The molecule has 3 nitrogen and oxygen atoms in total. The smallest absolute Gasteiger partial charge is 0.307 e. The molecule has 4 heteroatoms. The number of hydrogen-bond acceptors (Lipinski definition) is 2. The number of carboxylic acids is 1. The second kappa shape index (κ2) is 5.25. The third-order valence-electron chi connectivity index (χ3n) is 2.31. The van der Waals surface area contributed by atoms with Gasteiger partial charge >= 0.3 is 5.97 Å². The Morgan fingerprint density at radius 1 is 1.44 bits per heavy atom. The SMILES string of the molecule is Cc1cccc(CC(=O)O)c1C(=O)C(C)Br. The molecule has 0 amide bonds. The highest BCUT2D eigenvalue weighted by Gasteiger charge is 2.19. The van der Waals surface area contributed by atoms with Crippen molar-refractivity contribution in [2.24, 2.45) is 0 Å². The van der Waals surface area contributed by atoms with Crippen LogP contribution in [-0.4, -0.2) is 21.7 Å². The monoisotopic (exact) mass is 284 g/mol. The molecule has 0 aliphatic rings. The molecule has 0 fully saturated rings. The number of carbonyl (C=O) groups excluding carboxylic acids is 1. The molecule has 86 valence electrons. The van der Waals surface area contributed by atoms with E-state index in [0.717, 1.165) is 5.56 Å². The fraction of sp³-hybridized carbons (Fsp3) is 0.333. The van der Waals surface area contributed by atoms with Gasteiger partial charge in [-0.25, -0.2) is 0 Å². The number of carboxylic acid groups (broad SMARTS) is 1. The summed E-state index contributed by atoms with van der Waals surface area (Å²) in [4.78, 5) is 22.3. The molecule has 0 bridgehead atoms. The average Bonchev–Trinajstić information content (AvgIpc) is 2.16. The zero-order chi connectivity index (χ0) is 12.3. The predicted octanol–water partition coefficient (Wildman–Crippen LogP) is 2.59. The summed E-state index contributed by atoms with van der Waals surface area (Å²) in [6, 6.07) is 5.26. The van der Waals surface area contributed by atoms with Gasteiger partial charge in [-0.2, -0.15) is 0 Å².